The third-order valence-corrected chi connectivity index (χ3v) is 3.31. The van der Waals surface area contributed by atoms with Gasteiger partial charge in [-0.15, -0.1) is 0 Å². The van der Waals surface area contributed by atoms with E-state index in [9.17, 15) is 15.2 Å². The summed E-state index contributed by atoms with van der Waals surface area (Å²) in [6.45, 7) is 4.09. The first-order chi connectivity index (χ1) is 9.16. The summed E-state index contributed by atoms with van der Waals surface area (Å²) in [5.74, 6) is 0. The molecule has 0 bridgehead atoms. The summed E-state index contributed by atoms with van der Waals surface area (Å²) in [7, 11) is 0. The fraction of sp³-hybridized carbons (Fsp3) is 0.538. The zero-order valence-corrected chi connectivity index (χ0v) is 10.7. The molecule has 1 aromatic carbocycles. The van der Waals surface area contributed by atoms with Crippen LogP contribution in [-0.2, 0) is 4.74 Å². The number of nitro benzene ring substituents is 1. The fourth-order valence-electron chi connectivity index (χ4n) is 2.11. The lowest BCUT2D eigenvalue weighted by Gasteiger charge is -2.27. The quantitative estimate of drug-likeness (QED) is 0.643. The molecule has 0 aromatic heterocycles. The van der Waals surface area contributed by atoms with E-state index in [1.807, 2.05) is 0 Å². The van der Waals surface area contributed by atoms with Crippen LogP contribution >= 0.6 is 0 Å². The minimum Gasteiger partial charge on any atom is -0.388 e. The van der Waals surface area contributed by atoms with Crippen LogP contribution in [0, 0.1) is 10.1 Å². The van der Waals surface area contributed by atoms with Gasteiger partial charge in [-0.2, -0.15) is 0 Å². The Kier molecular flexibility index (Phi) is 4.84. The molecule has 0 spiro atoms. The van der Waals surface area contributed by atoms with Crippen LogP contribution in [0.3, 0.4) is 0 Å². The van der Waals surface area contributed by atoms with Crippen LogP contribution < -0.4 is 0 Å². The summed E-state index contributed by atoms with van der Waals surface area (Å²) in [5.41, 5.74) is 0.767. The van der Waals surface area contributed by atoms with Crippen LogP contribution in [0.4, 0.5) is 5.69 Å². The lowest BCUT2D eigenvalue weighted by Crippen LogP contribution is -2.37. The Labute approximate surface area is 111 Å². The predicted octanol–water partition coefficient (Wildman–Crippen LogP) is 1.35. The molecule has 0 unspecified atom stereocenters. The number of nitro groups is 1. The standard InChI is InChI=1S/C13H18N2O4/c16-13(5-6-14-7-9-19-10-8-14)11-1-3-12(4-2-11)15(17)18/h1-4,13,16H,5-10H2/t13-/m0/s1. The summed E-state index contributed by atoms with van der Waals surface area (Å²) >= 11 is 0. The van der Waals surface area contributed by atoms with Gasteiger partial charge in [0.1, 0.15) is 0 Å². The molecule has 0 aliphatic carbocycles. The second-order valence-corrected chi connectivity index (χ2v) is 4.61. The SMILES string of the molecule is O=[N+]([O-])c1ccc([C@@H](O)CCN2CCOCC2)cc1. The first kappa shape index (κ1) is 13.9. The zero-order chi connectivity index (χ0) is 13.7. The Morgan fingerprint density at radius 3 is 2.53 bits per heavy atom. The van der Waals surface area contributed by atoms with Gasteiger partial charge in [-0.1, -0.05) is 0 Å². The minimum absolute atomic E-state index is 0.0455. The van der Waals surface area contributed by atoms with Crippen molar-refractivity contribution in [1.82, 2.24) is 4.90 Å². The normalized spacial score (nSPS) is 18.2. The first-order valence-corrected chi connectivity index (χ1v) is 6.39. The van der Waals surface area contributed by atoms with Crippen molar-refractivity contribution >= 4 is 5.69 Å². The molecular formula is C13H18N2O4. The molecule has 104 valence electrons. The third kappa shape index (κ3) is 3.99. The number of benzene rings is 1. The maximum absolute atomic E-state index is 10.5. The summed E-state index contributed by atoms with van der Waals surface area (Å²) in [6, 6.07) is 6.07. The van der Waals surface area contributed by atoms with Gasteiger partial charge in [0, 0.05) is 31.8 Å². The predicted molar refractivity (Wildman–Crippen MR) is 69.9 cm³/mol. The molecule has 1 N–H and O–H groups in total. The number of nitrogens with zero attached hydrogens (tertiary/aromatic N) is 2. The molecule has 1 aliphatic rings. The van der Waals surface area contributed by atoms with E-state index in [2.05, 4.69) is 4.90 Å². The van der Waals surface area contributed by atoms with E-state index in [1.54, 1.807) is 12.1 Å². The van der Waals surface area contributed by atoms with Crippen LogP contribution in [0.1, 0.15) is 18.1 Å². The van der Waals surface area contributed by atoms with Crippen molar-refractivity contribution in [2.45, 2.75) is 12.5 Å². The van der Waals surface area contributed by atoms with E-state index < -0.39 is 11.0 Å². The maximum atomic E-state index is 10.5. The van der Waals surface area contributed by atoms with Gasteiger partial charge in [0.2, 0.25) is 0 Å². The van der Waals surface area contributed by atoms with Gasteiger partial charge in [0.25, 0.3) is 5.69 Å². The van der Waals surface area contributed by atoms with Crippen molar-refractivity contribution in [1.29, 1.82) is 0 Å². The lowest BCUT2D eigenvalue weighted by atomic mass is 10.1. The highest BCUT2D eigenvalue weighted by molar-refractivity contribution is 5.33. The average molecular weight is 266 g/mol. The van der Waals surface area contributed by atoms with Gasteiger partial charge >= 0.3 is 0 Å². The zero-order valence-electron chi connectivity index (χ0n) is 10.7. The van der Waals surface area contributed by atoms with Crippen LogP contribution in [0.5, 0.6) is 0 Å². The van der Waals surface area contributed by atoms with Crippen LogP contribution in [0.2, 0.25) is 0 Å². The topological polar surface area (TPSA) is 75.8 Å². The van der Waals surface area contributed by atoms with Gasteiger partial charge in [-0.25, -0.2) is 0 Å². The van der Waals surface area contributed by atoms with Gasteiger partial charge in [-0.05, 0) is 24.1 Å². The van der Waals surface area contributed by atoms with Crippen molar-refractivity contribution in [3.63, 3.8) is 0 Å². The number of aliphatic hydroxyl groups is 1. The summed E-state index contributed by atoms with van der Waals surface area (Å²) in [5, 5.41) is 20.6. The van der Waals surface area contributed by atoms with E-state index in [-0.39, 0.29) is 5.69 Å². The van der Waals surface area contributed by atoms with Crippen LogP contribution in [0.15, 0.2) is 24.3 Å². The molecule has 1 heterocycles. The second-order valence-electron chi connectivity index (χ2n) is 4.61. The van der Waals surface area contributed by atoms with E-state index in [0.717, 1.165) is 38.4 Å². The largest absolute Gasteiger partial charge is 0.388 e. The van der Waals surface area contributed by atoms with Crippen molar-refractivity contribution in [2.75, 3.05) is 32.8 Å². The molecule has 6 heteroatoms. The Balaban J connectivity index is 1.84. The monoisotopic (exact) mass is 266 g/mol. The minimum atomic E-state index is -0.580. The van der Waals surface area contributed by atoms with Gasteiger partial charge < -0.3 is 9.84 Å². The van der Waals surface area contributed by atoms with E-state index >= 15 is 0 Å². The van der Waals surface area contributed by atoms with Gasteiger partial charge in [0.05, 0.1) is 24.2 Å². The fourth-order valence-corrected chi connectivity index (χ4v) is 2.11. The van der Waals surface area contributed by atoms with Crippen LogP contribution in [-0.4, -0.2) is 47.8 Å². The van der Waals surface area contributed by atoms with Gasteiger partial charge in [-0.3, -0.25) is 15.0 Å². The lowest BCUT2D eigenvalue weighted by molar-refractivity contribution is -0.384. The number of aliphatic hydroxyl groups excluding tert-OH is 1. The molecule has 1 saturated heterocycles. The first-order valence-electron chi connectivity index (χ1n) is 6.39. The molecule has 1 atom stereocenters. The number of hydrogen-bond donors (Lipinski definition) is 1. The summed E-state index contributed by atoms with van der Waals surface area (Å²) in [4.78, 5) is 12.3. The Bertz CT molecular complexity index is 415. The van der Waals surface area contributed by atoms with E-state index in [1.165, 1.54) is 12.1 Å². The molecule has 2 rings (SSSR count). The van der Waals surface area contributed by atoms with Crippen molar-refractivity contribution in [2.24, 2.45) is 0 Å². The Morgan fingerprint density at radius 1 is 1.32 bits per heavy atom. The third-order valence-electron chi connectivity index (χ3n) is 3.31. The molecule has 0 radical (unpaired) electrons. The van der Waals surface area contributed by atoms with E-state index in [0.29, 0.717) is 6.42 Å². The molecule has 6 nitrogen and oxygen atoms in total. The molecule has 1 aliphatic heterocycles. The Hall–Kier alpha value is -1.50. The van der Waals surface area contributed by atoms with Crippen molar-refractivity contribution in [3.8, 4) is 0 Å². The molecular weight excluding hydrogens is 248 g/mol. The smallest absolute Gasteiger partial charge is 0.269 e. The highest BCUT2D eigenvalue weighted by atomic mass is 16.6. The summed E-state index contributed by atoms with van der Waals surface area (Å²) in [6.07, 6.45) is 0.0429. The van der Waals surface area contributed by atoms with E-state index in [4.69, 9.17) is 4.74 Å². The molecule has 0 saturated carbocycles. The van der Waals surface area contributed by atoms with Crippen molar-refractivity contribution < 1.29 is 14.8 Å². The Morgan fingerprint density at radius 2 is 1.95 bits per heavy atom. The highest BCUT2D eigenvalue weighted by Gasteiger charge is 2.14. The van der Waals surface area contributed by atoms with Crippen LogP contribution in [0.25, 0.3) is 0 Å². The highest BCUT2D eigenvalue weighted by Crippen LogP contribution is 2.20. The number of non-ortho nitro benzene ring substituents is 1. The number of morpholine rings is 1. The average Bonchev–Trinajstić information content (AvgIpc) is 2.46. The molecule has 0 amide bonds. The number of hydrogen-bond acceptors (Lipinski definition) is 5. The number of rotatable bonds is 5. The second kappa shape index (κ2) is 6.60. The van der Waals surface area contributed by atoms with Crippen molar-refractivity contribution in [3.05, 3.63) is 39.9 Å². The van der Waals surface area contributed by atoms with Gasteiger partial charge in [0.15, 0.2) is 0 Å². The molecule has 1 fully saturated rings. The number of ether oxygens (including phenoxy) is 1. The molecule has 1 aromatic rings. The maximum Gasteiger partial charge on any atom is 0.269 e. The summed E-state index contributed by atoms with van der Waals surface area (Å²) < 4.78 is 5.26. The molecule has 19 heavy (non-hydrogen) atoms.